The quantitative estimate of drug-likeness (QED) is 0.297. The van der Waals surface area contributed by atoms with E-state index in [9.17, 15) is 0 Å². The molecular formula is C5H7NO3S. The number of aliphatic hydroxyl groups excluding tert-OH is 1. The number of hydrogen-bond donors (Lipinski definition) is 5. The molecule has 1 rings (SSSR count). The van der Waals surface area contributed by atoms with Gasteiger partial charge < -0.3 is 20.3 Å². The number of hydrogen-bond acceptors (Lipinski definition) is 4. The Hall–Kier alpha value is -0.650. The van der Waals surface area contributed by atoms with E-state index >= 15 is 0 Å². The van der Waals surface area contributed by atoms with Gasteiger partial charge in [0.15, 0.2) is 12.0 Å². The van der Waals surface area contributed by atoms with Crippen molar-refractivity contribution in [3.8, 4) is 5.75 Å². The van der Waals surface area contributed by atoms with Crippen molar-refractivity contribution in [2.75, 3.05) is 0 Å². The molecule has 4 nitrogen and oxygen atoms in total. The average molecular weight is 161 g/mol. The summed E-state index contributed by atoms with van der Waals surface area (Å²) < 4.78 is 0. The topological polar surface area (TPSA) is 76.5 Å². The first-order chi connectivity index (χ1) is 4.63. The van der Waals surface area contributed by atoms with Crippen LogP contribution in [0.4, 0.5) is 0 Å². The summed E-state index contributed by atoms with van der Waals surface area (Å²) in [5.74, 6) is -0.224. The Balaban J connectivity index is 3.05. The van der Waals surface area contributed by atoms with Crippen LogP contribution in [0, 0.1) is 0 Å². The molecule has 0 aliphatic carbocycles. The van der Waals surface area contributed by atoms with Crippen molar-refractivity contribution in [3.63, 3.8) is 0 Å². The first-order valence-electron chi connectivity index (χ1n) is 2.58. The van der Waals surface area contributed by atoms with Gasteiger partial charge in [0.25, 0.3) is 0 Å². The number of aliphatic hydroxyl groups is 2. The second kappa shape index (κ2) is 2.53. The van der Waals surface area contributed by atoms with Crippen molar-refractivity contribution in [2.45, 2.75) is 11.2 Å². The number of aromatic hydroxyl groups is 1. The predicted molar refractivity (Wildman–Crippen MR) is 36.9 cm³/mol. The summed E-state index contributed by atoms with van der Waals surface area (Å²) in [6, 6.07) is 0. The van der Waals surface area contributed by atoms with Crippen molar-refractivity contribution in [1.82, 2.24) is 4.98 Å². The molecule has 0 aliphatic rings. The van der Waals surface area contributed by atoms with Crippen molar-refractivity contribution >= 4 is 12.6 Å². The lowest BCUT2D eigenvalue weighted by Gasteiger charge is -1.99. The van der Waals surface area contributed by atoms with Crippen LogP contribution in [-0.4, -0.2) is 20.3 Å². The molecule has 0 saturated heterocycles. The van der Waals surface area contributed by atoms with Crippen LogP contribution < -0.4 is 0 Å². The van der Waals surface area contributed by atoms with Gasteiger partial charge in [-0.2, -0.15) is 0 Å². The predicted octanol–water partition coefficient (Wildman–Crippen LogP) is -0.00780. The van der Waals surface area contributed by atoms with Crippen molar-refractivity contribution in [3.05, 3.63) is 11.9 Å². The maximum atomic E-state index is 8.98. The minimum absolute atomic E-state index is 0.0370. The normalized spacial score (nSPS) is 10.8. The number of aromatic nitrogens is 1. The second-order valence-electron chi connectivity index (χ2n) is 1.81. The van der Waals surface area contributed by atoms with Crippen molar-refractivity contribution in [1.29, 1.82) is 0 Å². The number of thiol groups is 1. The lowest BCUT2D eigenvalue weighted by atomic mass is 10.4. The Bertz CT molecular complexity index is 233. The van der Waals surface area contributed by atoms with Gasteiger partial charge in [-0.05, 0) is 0 Å². The maximum Gasteiger partial charge on any atom is 0.197 e. The van der Waals surface area contributed by atoms with Crippen LogP contribution in [0.2, 0.25) is 0 Å². The molecule has 4 N–H and O–H groups in total. The molecule has 0 aromatic carbocycles. The van der Waals surface area contributed by atoms with E-state index in [-0.39, 0.29) is 11.4 Å². The average Bonchev–Trinajstić information content (AvgIpc) is 2.14. The van der Waals surface area contributed by atoms with Crippen LogP contribution in [0.3, 0.4) is 0 Å². The number of H-pyrrole nitrogens is 1. The number of rotatable bonds is 1. The fourth-order valence-corrected chi connectivity index (χ4v) is 0.803. The first-order valence-corrected chi connectivity index (χ1v) is 3.03. The van der Waals surface area contributed by atoms with Crippen molar-refractivity contribution < 1.29 is 15.3 Å². The molecule has 0 spiro atoms. The lowest BCUT2D eigenvalue weighted by Crippen LogP contribution is -1.94. The summed E-state index contributed by atoms with van der Waals surface area (Å²) in [4.78, 5) is 2.74. The van der Waals surface area contributed by atoms with E-state index in [2.05, 4.69) is 17.6 Å². The highest BCUT2D eigenvalue weighted by Crippen LogP contribution is 2.28. The third-order valence-electron chi connectivity index (χ3n) is 1.12. The van der Waals surface area contributed by atoms with Crippen LogP contribution in [0.15, 0.2) is 11.1 Å². The molecule has 0 amide bonds. The fourth-order valence-electron chi connectivity index (χ4n) is 0.618. The van der Waals surface area contributed by atoms with Gasteiger partial charge >= 0.3 is 0 Å². The number of nitrogens with one attached hydrogen (secondary N) is 1. The second-order valence-corrected chi connectivity index (χ2v) is 2.29. The van der Waals surface area contributed by atoms with Crippen LogP contribution in [-0.2, 0) is 0 Å². The van der Waals surface area contributed by atoms with E-state index in [0.29, 0.717) is 4.90 Å². The summed E-state index contributed by atoms with van der Waals surface area (Å²) in [5, 5.41) is 26.1. The van der Waals surface area contributed by atoms with Gasteiger partial charge in [0.2, 0.25) is 0 Å². The molecule has 1 aromatic heterocycles. The van der Waals surface area contributed by atoms with Gasteiger partial charge in [0.1, 0.15) is 5.69 Å². The largest absolute Gasteiger partial charge is 0.505 e. The van der Waals surface area contributed by atoms with E-state index in [4.69, 9.17) is 15.3 Å². The summed E-state index contributed by atoms with van der Waals surface area (Å²) in [7, 11) is 0. The SMILES string of the molecule is Oc1c(S)c[nH]c1C(O)O. The van der Waals surface area contributed by atoms with Gasteiger partial charge in [-0.25, -0.2) is 0 Å². The fraction of sp³-hybridized carbons (Fsp3) is 0.200. The van der Waals surface area contributed by atoms with E-state index in [0.717, 1.165) is 0 Å². The van der Waals surface area contributed by atoms with Gasteiger partial charge in [-0.1, -0.05) is 0 Å². The number of aromatic amines is 1. The Morgan fingerprint density at radius 2 is 2.10 bits per heavy atom. The highest BCUT2D eigenvalue weighted by molar-refractivity contribution is 7.80. The molecule has 10 heavy (non-hydrogen) atoms. The molecular weight excluding hydrogens is 154 g/mol. The minimum atomic E-state index is -1.68. The molecule has 0 unspecified atom stereocenters. The zero-order valence-electron chi connectivity index (χ0n) is 4.94. The molecule has 56 valence electrons. The van der Waals surface area contributed by atoms with E-state index < -0.39 is 6.29 Å². The highest BCUT2D eigenvalue weighted by Gasteiger charge is 2.12. The summed E-state index contributed by atoms with van der Waals surface area (Å²) >= 11 is 3.81. The van der Waals surface area contributed by atoms with Gasteiger partial charge in [-0.15, -0.1) is 12.6 Å². The molecule has 0 saturated carbocycles. The minimum Gasteiger partial charge on any atom is -0.505 e. The maximum absolute atomic E-state index is 8.98. The molecule has 0 fully saturated rings. The van der Waals surface area contributed by atoms with E-state index in [1.54, 1.807) is 0 Å². The van der Waals surface area contributed by atoms with Gasteiger partial charge in [-0.3, -0.25) is 0 Å². The zero-order chi connectivity index (χ0) is 7.72. The molecule has 0 atom stereocenters. The summed E-state index contributed by atoms with van der Waals surface area (Å²) in [6.07, 6.45) is -0.311. The third kappa shape index (κ3) is 1.11. The summed E-state index contributed by atoms with van der Waals surface area (Å²) in [5.41, 5.74) is -0.0370. The first kappa shape index (κ1) is 7.46. The van der Waals surface area contributed by atoms with E-state index in [1.807, 2.05) is 0 Å². The molecule has 1 aromatic rings. The molecule has 0 bridgehead atoms. The van der Waals surface area contributed by atoms with Crippen LogP contribution in [0.25, 0.3) is 0 Å². The Morgan fingerprint density at radius 1 is 1.50 bits per heavy atom. The molecule has 1 heterocycles. The van der Waals surface area contributed by atoms with Gasteiger partial charge in [0.05, 0.1) is 4.90 Å². The van der Waals surface area contributed by atoms with Crippen LogP contribution in [0.5, 0.6) is 5.75 Å². The molecule has 5 heteroatoms. The lowest BCUT2D eigenvalue weighted by molar-refractivity contribution is -0.0469. The summed E-state index contributed by atoms with van der Waals surface area (Å²) in [6.45, 7) is 0. The monoisotopic (exact) mass is 161 g/mol. The molecule has 0 aliphatic heterocycles. The van der Waals surface area contributed by atoms with Crippen LogP contribution in [0.1, 0.15) is 12.0 Å². The van der Waals surface area contributed by atoms with Crippen LogP contribution >= 0.6 is 12.6 Å². The Labute approximate surface area is 62.5 Å². The molecule has 0 radical (unpaired) electrons. The standard InChI is InChI=1S/C5H7NO3S/c7-4-2(10)1-6-3(4)5(8)9/h1,5-10H. The van der Waals surface area contributed by atoms with Gasteiger partial charge in [0, 0.05) is 6.20 Å². The Kier molecular flexibility index (Phi) is 1.89. The Morgan fingerprint density at radius 3 is 2.30 bits per heavy atom. The zero-order valence-corrected chi connectivity index (χ0v) is 5.84. The smallest absolute Gasteiger partial charge is 0.197 e. The van der Waals surface area contributed by atoms with E-state index in [1.165, 1.54) is 6.20 Å². The highest BCUT2D eigenvalue weighted by atomic mass is 32.1. The van der Waals surface area contributed by atoms with Crippen molar-refractivity contribution in [2.24, 2.45) is 0 Å². The third-order valence-corrected chi connectivity index (χ3v) is 1.46.